The summed E-state index contributed by atoms with van der Waals surface area (Å²) < 4.78 is 51.5. The van der Waals surface area contributed by atoms with Crippen LogP contribution in [0.1, 0.15) is 64.2 Å². The van der Waals surface area contributed by atoms with Crippen molar-refractivity contribution < 1.29 is 16.8 Å². The Hall–Kier alpha value is -0.400. The van der Waals surface area contributed by atoms with Gasteiger partial charge in [-0.25, -0.2) is 16.8 Å². The van der Waals surface area contributed by atoms with E-state index in [9.17, 15) is 16.8 Å². The Morgan fingerprint density at radius 1 is 0.619 bits per heavy atom. The molecule has 0 saturated heterocycles. The summed E-state index contributed by atoms with van der Waals surface area (Å²) in [7, 11) is -7.70. The predicted octanol–water partition coefficient (Wildman–Crippen LogP) is 2.62. The van der Waals surface area contributed by atoms with Crippen LogP contribution in [0.15, 0.2) is 9.81 Å². The van der Waals surface area contributed by atoms with E-state index in [1.54, 1.807) is 0 Å². The summed E-state index contributed by atoms with van der Waals surface area (Å²) in [5.74, 6) is -0.212. The van der Waals surface area contributed by atoms with E-state index in [0.717, 1.165) is 64.2 Å². The number of nitrogens with one attached hydrogen (secondary N) is 1. The first-order chi connectivity index (χ1) is 9.92. The molecule has 0 unspecified atom stereocenters. The first kappa shape index (κ1) is 15.5. The van der Waals surface area contributed by atoms with Gasteiger partial charge in [-0.3, -0.25) is 0 Å². The number of rotatable bonds is 2. The van der Waals surface area contributed by atoms with E-state index in [4.69, 9.17) is 0 Å². The van der Waals surface area contributed by atoms with Crippen molar-refractivity contribution in [2.45, 2.75) is 64.2 Å². The summed E-state index contributed by atoms with van der Waals surface area (Å²) >= 11 is 0. The molecule has 2 aliphatic carbocycles. The lowest BCUT2D eigenvalue weighted by molar-refractivity contribution is 0.389. The molecule has 5 nitrogen and oxygen atoms in total. The molecule has 0 atom stereocenters. The van der Waals surface area contributed by atoms with Crippen LogP contribution in [0.5, 0.6) is 0 Å². The highest BCUT2D eigenvalue weighted by atomic mass is 32.3. The largest absolute Gasteiger partial charge is 0.251 e. The minimum atomic E-state index is -3.85. The molecule has 1 heterocycles. The molecule has 3 rings (SSSR count). The number of hydrogen-bond acceptors (Lipinski definition) is 4. The van der Waals surface area contributed by atoms with Crippen molar-refractivity contribution in [3.8, 4) is 0 Å². The summed E-state index contributed by atoms with van der Waals surface area (Å²) in [5, 5.41) is 0. The topological polar surface area (TPSA) is 80.3 Å². The van der Waals surface area contributed by atoms with Crippen molar-refractivity contribution in [3.63, 3.8) is 0 Å². The van der Waals surface area contributed by atoms with Crippen molar-refractivity contribution in [1.29, 1.82) is 0 Å². The smallest absolute Gasteiger partial charge is 0.206 e. The first-order valence-electron chi connectivity index (χ1n) is 7.94. The van der Waals surface area contributed by atoms with Crippen molar-refractivity contribution in [1.82, 2.24) is 4.13 Å². The standard InChI is InChI=1S/C14H23NO4S2/c16-20(17)13(11-7-3-1-4-8-11)14(21(18,19)15-20)12-9-5-2-6-10-12/h11-12,15H,1-10H2. The van der Waals surface area contributed by atoms with E-state index in [2.05, 4.69) is 0 Å². The van der Waals surface area contributed by atoms with Crippen LogP contribution in [0.4, 0.5) is 0 Å². The van der Waals surface area contributed by atoms with Crippen molar-refractivity contribution in [2.75, 3.05) is 0 Å². The Bertz CT molecular complexity index is 580. The second-order valence-corrected chi connectivity index (χ2v) is 10.0. The molecular weight excluding hydrogens is 310 g/mol. The van der Waals surface area contributed by atoms with E-state index in [0.29, 0.717) is 0 Å². The SMILES string of the molecule is O=S1(=O)NS(=O)(=O)C(C2CCCCC2)=C1C1CCCCC1. The van der Waals surface area contributed by atoms with E-state index in [-0.39, 0.29) is 21.6 Å². The Morgan fingerprint density at radius 2 is 0.952 bits per heavy atom. The van der Waals surface area contributed by atoms with Gasteiger partial charge in [0.25, 0.3) is 20.0 Å². The first-order valence-corrected chi connectivity index (χ1v) is 10.9. The predicted molar refractivity (Wildman–Crippen MR) is 81.2 cm³/mol. The Morgan fingerprint density at radius 3 is 1.29 bits per heavy atom. The monoisotopic (exact) mass is 333 g/mol. The Balaban J connectivity index is 2.09. The van der Waals surface area contributed by atoms with E-state index in [1.807, 2.05) is 4.13 Å². The fourth-order valence-corrected chi connectivity index (χ4v) is 8.81. The normalized spacial score (nSPS) is 30.7. The van der Waals surface area contributed by atoms with Crippen molar-refractivity contribution >= 4 is 20.0 Å². The third-order valence-corrected chi connectivity index (χ3v) is 9.14. The Labute approximate surface area is 127 Å². The fourth-order valence-electron chi connectivity index (χ4n) is 4.07. The van der Waals surface area contributed by atoms with Gasteiger partial charge >= 0.3 is 0 Å². The van der Waals surface area contributed by atoms with Crippen LogP contribution in [0, 0.1) is 11.8 Å². The quantitative estimate of drug-likeness (QED) is 0.842. The lowest BCUT2D eigenvalue weighted by Gasteiger charge is -2.26. The van der Waals surface area contributed by atoms with Gasteiger partial charge in [0.15, 0.2) is 0 Å². The molecule has 0 aromatic carbocycles. The zero-order chi connectivity index (χ0) is 15.1. The van der Waals surface area contributed by atoms with Crippen LogP contribution in [0.2, 0.25) is 0 Å². The highest BCUT2D eigenvalue weighted by Gasteiger charge is 2.46. The summed E-state index contributed by atoms with van der Waals surface area (Å²) in [6, 6.07) is 0. The van der Waals surface area contributed by atoms with Gasteiger partial charge in [-0.2, -0.15) is 0 Å². The summed E-state index contributed by atoms with van der Waals surface area (Å²) in [6.45, 7) is 0. The van der Waals surface area contributed by atoms with Gasteiger partial charge in [0, 0.05) is 0 Å². The third kappa shape index (κ3) is 2.92. The minimum Gasteiger partial charge on any atom is -0.206 e. The second kappa shape index (κ2) is 5.66. The average Bonchev–Trinajstić information content (AvgIpc) is 2.64. The molecule has 120 valence electrons. The molecule has 0 amide bonds. The molecule has 21 heavy (non-hydrogen) atoms. The highest BCUT2D eigenvalue weighted by Crippen LogP contribution is 2.44. The fraction of sp³-hybridized carbons (Fsp3) is 0.857. The molecule has 3 aliphatic rings. The maximum absolute atomic E-state index is 12.4. The van der Waals surface area contributed by atoms with Gasteiger partial charge < -0.3 is 0 Å². The molecule has 0 aromatic heterocycles. The van der Waals surface area contributed by atoms with Crippen molar-refractivity contribution in [3.05, 3.63) is 9.81 Å². The van der Waals surface area contributed by atoms with Gasteiger partial charge in [-0.1, -0.05) is 38.5 Å². The highest BCUT2D eigenvalue weighted by molar-refractivity contribution is 8.11. The van der Waals surface area contributed by atoms with Crippen LogP contribution >= 0.6 is 0 Å². The summed E-state index contributed by atoms with van der Waals surface area (Å²) in [4.78, 5) is 0.434. The molecule has 0 bridgehead atoms. The van der Waals surface area contributed by atoms with Gasteiger partial charge in [0.05, 0.1) is 9.81 Å². The van der Waals surface area contributed by atoms with Crippen LogP contribution in [-0.2, 0) is 20.0 Å². The number of allylic oxidation sites excluding steroid dienone is 2. The molecule has 0 spiro atoms. The van der Waals surface area contributed by atoms with E-state index in [1.165, 1.54) is 0 Å². The van der Waals surface area contributed by atoms with Crippen LogP contribution < -0.4 is 4.13 Å². The van der Waals surface area contributed by atoms with Crippen molar-refractivity contribution in [2.24, 2.45) is 11.8 Å². The maximum atomic E-state index is 12.4. The molecule has 1 aliphatic heterocycles. The molecule has 7 heteroatoms. The second-order valence-electron chi connectivity index (χ2n) is 6.49. The molecule has 2 fully saturated rings. The zero-order valence-electron chi connectivity index (χ0n) is 12.2. The minimum absolute atomic E-state index is 0.106. The third-order valence-electron chi connectivity index (χ3n) is 4.99. The van der Waals surface area contributed by atoms with Crippen LogP contribution in [-0.4, -0.2) is 16.8 Å². The number of hydrogen-bond donors (Lipinski definition) is 1. The lowest BCUT2D eigenvalue weighted by Crippen LogP contribution is -2.26. The average molecular weight is 333 g/mol. The molecule has 0 radical (unpaired) electrons. The lowest BCUT2D eigenvalue weighted by atomic mass is 9.84. The molecule has 1 N–H and O–H groups in total. The maximum Gasteiger partial charge on any atom is 0.251 e. The Kier molecular flexibility index (Phi) is 4.18. The summed E-state index contributed by atoms with van der Waals surface area (Å²) in [5.41, 5.74) is 0. The zero-order valence-corrected chi connectivity index (χ0v) is 13.8. The van der Waals surface area contributed by atoms with Crippen LogP contribution in [0.3, 0.4) is 0 Å². The number of sulfonamides is 2. The molecule has 2 saturated carbocycles. The van der Waals surface area contributed by atoms with Gasteiger partial charge in [0.2, 0.25) is 0 Å². The van der Waals surface area contributed by atoms with E-state index >= 15 is 0 Å². The summed E-state index contributed by atoms with van der Waals surface area (Å²) in [6.07, 6.45) is 9.35. The van der Waals surface area contributed by atoms with Gasteiger partial charge in [-0.05, 0) is 37.5 Å². The molecule has 0 aromatic rings. The van der Waals surface area contributed by atoms with Gasteiger partial charge in [0.1, 0.15) is 0 Å². The van der Waals surface area contributed by atoms with E-state index < -0.39 is 20.0 Å². The molecular formula is C14H23NO4S2. The van der Waals surface area contributed by atoms with Gasteiger partial charge in [-0.15, -0.1) is 4.13 Å². The van der Waals surface area contributed by atoms with Crippen LogP contribution in [0.25, 0.3) is 0 Å².